The van der Waals surface area contributed by atoms with Crippen molar-refractivity contribution in [2.45, 2.75) is 19.8 Å². The molecule has 0 bridgehead atoms. The number of hydrogen-bond donors (Lipinski definition) is 1. The number of nitrogens with zero attached hydrogens (tertiary/aromatic N) is 1. The van der Waals surface area contributed by atoms with Gasteiger partial charge in [-0.1, -0.05) is 26.0 Å². The van der Waals surface area contributed by atoms with Gasteiger partial charge in [0, 0.05) is 26.2 Å². The predicted molar refractivity (Wildman–Crippen MR) is 89.7 cm³/mol. The van der Waals surface area contributed by atoms with Crippen LogP contribution < -0.4 is 10.1 Å². The fraction of sp³-hybridized carbons (Fsp3) is 0.588. The van der Waals surface area contributed by atoms with Crippen LogP contribution in [0.1, 0.15) is 25.3 Å². The summed E-state index contributed by atoms with van der Waals surface area (Å²) in [6, 6.07) is 8.03. The lowest BCUT2D eigenvalue weighted by Crippen LogP contribution is -2.35. The number of carbonyl (C=O) groups is 1. The molecule has 3 rings (SSSR count). The van der Waals surface area contributed by atoms with Gasteiger partial charge in [-0.25, -0.2) is 0 Å². The molecule has 2 heterocycles. The molecule has 0 unspecified atom stereocenters. The molecule has 0 radical (unpaired) electrons. The van der Waals surface area contributed by atoms with Gasteiger partial charge in [-0.2, -0.15) is 0 Å². The van der Waals surface area contributed by atoms with E-state index in [2.05, 4.69) is 25.2 Å². The van der Waals surface area contributed by atoms with Gasteiger partial charge in [0.15, 0.2) is 6.61 Å². The maximum atomic E-state index is 12.2. The summed E-state index contributed by atoms with van der Waals surface area (Å²) in [4.78, 5) is 14.2. The molecule has 0 spiro atoms. The lowest BCUT2D eigenvalue weighted by Gasteiger charge is -2.18. The monoisotopic (exact) mass is 324 g/mol. The van der Waals surface area contributed by atoms with E-state index in [0.29, 0.717) is 17.8 Å². The number of carbonyl (C=O) groups excluding carboxylic acids is 1. The van der Waals surface area contributed by atoms with E-state index in [0.717, 1.165) is 31.9 Å². The van der Waals surface area contributed by atoms with Gasteiger partial charge in [-0.15, -0.1) is 12.4 Å². The van der Waals surface area contributed by atoms with Gasteiger partial charge in [-0.05, 0) is 35.4 Å². The van der Waals surface area contributed by atoms with Crippen molar-refractivity contribution in [3.8, 4) is 5.75 Å². The lowest BCUT2D eigenvalue weighted by atomic mass is 10.0. The normalized spacial score (nSPS) is 23.3. The van der Waals surface area contributed by atoms with E-state index in [9.17, 15) is 4.79 Å². The molecule has 4 nitrogen and oxygen atoms in total. The van der Waals surface area contributed by atoms with Crippen molar-refractivity contribution in [3.05, 3.63) is 29.8 Å². The first-order chi connectivity index (χ1) is 10.1. The average Bonchev–Trinajstić information content (AvgIpc) is 3.06. The summed E-state index contributed by atoms with van der Waals surface area (Å²) >= 11 is 0. The number of amides is 1. The van der Waals surface area contributed by atoms with Crippen LogP contribution in [-0.2, 0) is 4.79 Å². The quantitative estimate of drug-likeness (QED) is 0.924. The van der Waals surface area contributed by atoms with E-state index in [1.807, 2.05) is 23.1 Å². The zero-order valence-electron chi connectivity index (χ0n) is 13.2. The Morgan fingerprint density at radius 3 is 2.64 bits per heavy atom. The molecule has 0 saturated carbocycles. The summed E-state index contributed by atoms with van der Waals surface area (Å²) in [7, 11) is 0. The Labute approximate surface area is 138 Å². The maximum absolute atomic E-state index is 12.2. The third-order valence-corrected chi connectivity index (χ3v) is 4.63. The third kappa shape index (κ3) is 3.73. The fourth-order valence-electron chi connectivity index (χ4n) is 3.26. The smallest absolute Gasteiger partial charge is 0.260 e. The van der Waals surface area contributed by atoms with Crippen LogP contribution in [0.25, 0.3) is 0 Å². The van der Waals surface area contributed by atoms with Crippen molar-refractivity contribution in [3.63, 3.8) is 0 Å². The molecule has 2 fully saturated rings. The summed E-state index contributed by atoms with van der Waals surface area (Å²) in [5.74, 6) is 2.64. The van der Waals surface area contributed by atoms with E-state index >= 15 is 0 Å². The number of ether oxygens (including phenoxy) is 1. The molecule has 0 aromatic heterocycles. The summed E-state index contributed by atoms with van der Waals surface area (Å²) < 4.78 is 5.69. The Kier molecular flexibility index (Phi) is 5.70. The Hall–Kier alpha value is -1.26. The second-order valence-electron chi connectivity index (χ2n) is 6.49. The lowest BCUT2D eigenvalue weighted by molar-refractivity contribution is -0.132. The summed E-state index contributed by atoms with van der Waals surface area (Å²) in [5, 5.41) is 3.39. The molecule has 1 amide bonds. The van der Waals surface area contributed by atoms with Crippen LogP contribution in [0, 0.1) is 11.8 Å². The van der Waals surface area contributed by atoms with Gasteiger partial charge >= 0.3 is 0 Å². The molecule has 1 N–H and O–H groups in total. The minimum atomic E-state index is 0. The summed E-state index contributed by atoms with van der Waals surface area (Å²) in [6.45, 7) is 8.31. The van der Waals surface area contributed by atoms with Crippen molar-refractivity contribution in [2.75, 3.05) is 32.8 Å². The zero-order valence-corrected chi connectivity index (χ0v) is 14.1. The van der Waals surface area contributed by atoms with Gasteiger partial charge < -0.3 is 15.0 Å². The number of likely N-dealkylation sites (tertiary alicyclic amines) is 1. The van der Waals surface area contributed by atoms with Crippen LogP contribution >= 0.6 is 12.4 Å². The minimum absolute atomic E-state index is 0. The molecule has 0 aliphatic carbocycles. The van der Waals surface area contributed by atoms with E-state index < -0.39 is 0 Å². The second kappa shape index (κ2) is 7.34. The SMILES string of the molecule is CC(C)c1cccc(OCC(=O)N2C[C@H]3CNC[C@H]3C2)c1.Cl. The van der Waals surface area contributed by atoms with E-state index in [-0.39, 0.29) is 24.9 Å². The maximum Gasteiger partial charge on any atom is 0.260 e. The highest BCUT2D eigenvalue weighted by Gasteiger charge is 2.37. The fourth-order valence-corrected chi connectivity index (χ4v) is 3.26. The molecule has 2 aliphatic heterocycles. The van der Waals surface area contributed by atoms with Crippen LogP contribution in [0.4, 0.5) is 0 Å². The van der Waals surface area contributed by atoms with E-state index in [1.165, 1.54) is 5.56 Å². The Morgan fingerprint density at radius 1 is 1.32 bits per heavy atom. The van der Waals surface area contributed by atoms with Gasteiger partial charge in [-0.3, -0.25) is 4.79 Å². The number of nitrogens with one attached hydrogen (secondary N) is 1. The number of rotatable bonds is 4. The molecule has 2 atom stereocenters. The first-order valence-corrected chi connectivity index (χ1v) is 7.84. The van der Waals surface area contributed by atoms with E-state index in [1.54, 1.807) is 0 Å². The number of halogens is 1. The Morgan fingerprint density at radius 2 is 2.00 bits per heavy atom. The Bertz CT molecular complexity index is 509. The van der Waals surface area contributed by atoms with Gasteiger partial charge in [0.05, 0.1) is 0 Å². The molecule has 5 heteroatoms. The first-order valence-electron chi connectivity index (χ1n) is 7.84. The summed E-state index contributed by atoms with van der Waals surface area (Å²) in [6.07, 6.45) is 0. The third-order valence-electron chi connectivity index (χ3n) is 4.63. The molecule has 122 valence electrons. The van der Waals surface area contributed by atoms with Gasteiger partial charge in [0.25, 0.3) is 5.91 Å². The van der Waals surface area contributed by atoms with E-state index in [4.69, 9.17) is 4.74 Å². The molecular formula is C17H25ClN2O2. The van der Waals surface area contributed by atoms with Crippen molar-refractivity contribution in [1.82, 2.24) is 10.2 Å². The van der Waals surface area contributed by atoms with Gasteiger partial charge in [0.1, 0.15) is 5.75 Å². The van der Waals surface area contributed by atoms with Crippen molar-refractivity contribution >= 4 is 18.3 Å². The van der Waals surface area contributed by atoms with Crippen LogP contribution in [0.3, 0.4) is 0 Å². The predicted octanol–water partition coefficient (Wildman–Crippen LogP) is 2.29. The largest absolute Gasteiger partial charge is 0.484 e. The van der Waals surface area contributed by atoms with Crippen LogP contribution in [0.15, 0.2) is 24.3 Å². The molecule has 2 saturated heterocycles. The standard InChI is InChI=1S/C17H24N2O2.ClH/c1-12(2)13-4-3-5-16(6-13)21-11-17(20)19-9-14-7-18-8-15(14)10-19;/h3-6,12,14-15,18H,7-11H2,1-2H3;1H/t14-,15+;. The van der Waals surface area contributed by atoms with Crippen molar-refractivity contribution in [2.24, 2.45) is 11.8 Å². The van der Waals surface area contributed by atoms with Crippen LogP contribution in [0.5, 0.6) is 5.75 Å². The molecule has 22 heavy (non-hydrogen) atoms. The highest BCUT2D eigenvalue weighted by molar-refractivity contribution is 5.85. The number of fused-ring (bicyclic) bond motifs is 1. The number of benzene rings is 1. The number of hydrogen-bond acceptors (Lipinski definition) is 3. The Balaban J connectivity index is 0.00000176. The molecule has 2 aliphatic rings. The molecule has 1 aromatic rings. The average molecular weight is 325 g/mol. The zero-order chi connectivity index (χ0) is 14.8. The topological polar surface area (TPSA) is 41.6 Å². The van der Waals surface area contributed by atoms with Crippen LogP contribution in [-0.4, -0.2) is 43.6 Å². The minimum Gasteiger partial charge on any atom is -0.484 e. The van der Waals surface area contributed by atoms with Gasteiger partial charge in [0.2, 0.25) is 0 Å². The molecule has 1 aromatic carbocycles. The molecular weight excluding hydrogens is 300 g/mol. The summed E-state index contributed by atoms with van der Waals surface area (Å²) in [5.41, 5.74) is 1.24. The van der Waals surface area contributed by atoms with Crippen LogP contribution in [0.2, 0.25) is 0 Å². The van der Waals surface area contributed by atoms with Crippen molar-refractivity contribution in [1.29, 1.82) is 0 Å². The second-order valence-corrected chi connectivity index (χ2v) is 6.49. The highest BCUT2D eigenvalue weighted by atomic mass is 35.5. The highest BCUT2D eigenvalue weighted by Crippen LogP contribution is 2.26. The first kappa shape index (κ1) is 17.1. The van der Waals surface area contributed by atoms with Crippen molar-refractivity contribution < 1.29 is 9.53 Å².